The fourth-order valence-electron chi connectivity index (χ4n) is 1.12. The van der Waals surface area contributed by atoms with Gasteiger partial charge in [0.25, 0.3) is 0 Å². The topological polar surface area (TPSA) is 52.1 Å². The average Bonchev–Trinajstić information content (AvgIpc) is 2.45. The van der Waals surface area contributed by atoms with Crippen LogP contribution < -0.4 is 0 Å². The Kier molecular flexibility index (Phi) is 8.62. The summed E-state index contributed by atoms with van der Waals surface area (Å²) in [5.74, 6) is 0.639. The normalized spacial score (nSPS) is 10.6. The molecule has 0 amide bonds. The third kappa shape index (κ3) is 6.93. The van der Waals surface area contributed by atoms with Crippen LogP contribution in [0.2, 0.25) is 0 Å². The molecule has 0 spiro atoms. The first-order chi connectivity index (χ1) is 9.13. The molecule has 0 saturated carbocycles. The van der Waals surface area contributed by atoms with Crippen molar-refractivity contribution in [1.29, 1.82) is 0 Å². The molecular weight excluding hydrogens is 240 g/mol. The van der Waals surface area contributed by atoms with Gasteiger partial charge in [-0.25, -0.2) is 9.97 Å². The van der Waals surface area contributed by atoms with Gasteiger partial charge in [-0.1, -0.05) is 20.4 Å². The SMILES string of the molecule is C=C(/C=C/c1ncccn1)/C(=C\C)OC(C)=O.CC. The zero-order valence-corrected chi connectivity index (χ0v) is 11.9. The van der Waals surface area contributed by atoms with E-state index in [2.05, 4.69) is 16.5 Å². The molecular formula is C15H20N2O2. The van der Waals surface area contributed by atoms with E-state index in [0.717, 1.165) is 0 Å². The second-order valence-electron chi connectivity index (χ2n) is 3.21. The van der Waals surface area contributed by atoms with E-state index in [-0.39, 0.29) is 5.97 Å². The molecule has 1 heterocycles. The van der Waals surface area contributed by atoms with Gasteiger partial charge in [-0.15, -0.1) is 0 Å². The maximum absolute atomic E-state index is 10.8. The molecule has 0 radical (unpaired) electrons. The Morgan fingerprint density at radius 1 is 1.32 bits per heavy atom. The monoisotopic (exact) mass is 260 g/mol. The van der Waals surface area contributed by atoms with Crippen molar-refractivity contribution < 1.29 is 9.53 Å². The minimum Gasteiger partial charge on any atom is -0.426 e. The van der Waals surface area contributed by atoms with Gasteiger partial charge in [0.2, 0.25) is 0 Å². The van der Waals surface area contributed by atoms with E-state index in [1.54, 1.807) is 43.6 Å². The summed E-state index contributed by atoms with van der Waals surface area (Å²) in [4.78, 5) is 18.9. The van der Waals surface area contributed by atoms with Crippen molar-refractivity contribution in [3.63, 3.8) is 0 Å². The van der Waals surface area contributed by atoms with Crippen molar-refractivity contribution in [2.45, 2.75) is 27.7 Å². The molecule has 0 bridgehead atoms. The smallest absolute Gasteiger partial charge is 0.308 e. The average molecular weight is 260 g/mol. The third-order valence-corrected chi connectivity index (χ3v) is 1.85. The lowest BCUT2D eigenvalue weighted by Gasteiger charge is -2.05. The van der Waals surface area contributed by atoms with Gasteiger partial charge in [0, 0.05) is 24.9 Å². The van der Waals surface area contributed by atoms with Crippen molar-refractivity contribution in [2.24, 2.45) is 0 Å². The Balaban J connectivity index is 0.00000154. The lowest BCUT2D eigenvalue weighted by molar-refractivity contribution is -0.136. The highest BCUT2D eigenvalue weighted by molar-refractivity contribution is 5.68. The summed E-state index contributed by atoms with van der Waals surface area (Å²) in [6.07, 6.45) is 8.39. The van der Waals surface area contributed by atoms with Crippen LogP contribution in [0.5, 0.6) is 0 Å². The number of carbonyl (C=O) groups excluding carboxylic acids is 1. The molecule has 0 aliphatic rings. The minimum absolute atomic E-state index is 0.372. The maximum Gasteiger partial charge on any atom is 0.308 e. The van der Waals surface area contributed by atoms with Gasteiger partial charge in [-0.2, -0.15) is 0 Å². The predicted molar refractivity (Wildman–Crippen MR) is 77.1 cm³/mol. The van der Waals surface area contributed by atoms with Gasteiger partial charge in [-0.05, 0) is 31.2 Å². The molecule has 19 heavy (non-hydrogen) atoms. The zero-order valence-electron chi connectivity index (χ0n) is 11.9. The van der Waals surface area contributed by atoms with E-state index in [1.165, 1.54) is 6.92 Å². The number of rotatable bonds is 4. The molecule has 1 aromatic heterocycles. The lowest BCUT2D eigenvalue weighted by Crippen LogP contribution is -1.99. The number of nitrogens with zero attached hydrogens (tertiary/aromatic N) is 2. The van der Waals surface area contributed by atoms with E-state index in [4.69, 9.17) is 4.74 Å². The van der Waals surface area contributed by atoms with Crippen molar-refractivity contribution in [1.82, 2.24) is 9.97 Å². The van der Waals surface area contributed by atoms with Crippen LogP contribution in [-0.4, -0.2) is 15.9 Å². The molecule has 0 aromatic carbocycles. The summed E-state index contributed by atoms with van der Waals surface area (Å²) in [7, 11) is 0. The molecule has 0 aliphatic heterocycles. The Hall–Kier alpha value is -2.23. The van der Waals surface area contributed by atoms with E-state index in [1.807, 2.05) is 13.8 Å². The van der Waals surface area contributed by atoms with Gasteiger partial charge in [0.15, 0.2) is 5.82 Å². The number of ether oxygens (including phenoxy) is 1. The third-order valence-electron chi connectivity index (χ3n) is 1.85. The molecule has 4 nitrogen and oxygen atoms in total. The highest BCUT2D eigenvalue weighted by Gasteiger charge is 2.03. The number of hydrogen-bond donors (Lipinski definition) is 0. The number of allylic oxidation sites excluding steroid dienone is 2. The van der Waals surface area contributed by atoms with Gasteiger partial charge < -0.3 is 4.74 Å². The highest BCUT2D eigenvalue weighted by atomic mass is 16.5. The fraction of sp³-hybridized carbons (Fsp3) is 0.267. The lowest BCUT2D eigenvalue weighted by atomic mass is 10.2. The molecule has 0 aliphatic carbocycles. The van der Waals surface area contributed by atoms with E-state index in [9.17, 15) is 4.79 Å². The van der Waals surface area contributed by atoms with E-state index >= 15 is 0 Å². The second-order valence-corrected chi connectivity index (χ2v) is 3.21. The highest BCUT2D eigenvalue weighted by Crippen LogP contribution is 2.12. The first kappa shape index (κ1) is 16.8. The van der Waals surface area contributed by atoms with Crippen LogP contribution in [-0.2, 0) is 9.53 Å². The molecule has 102 valence electrons. The van der Waals surface area contributed by atoms with Gasteiger partial charge in [-0.3, -0.25) is 4.79 Å². The largest absolute Gasteiger partial charge is 0.426 e. The van der Waals surface area contributed by atoms with Crippen LogP contribution in [0, 0.1) is 0 Å². The molecule has 0 fully saturated rings. The molecule has 0 saturated heterocycles. The van der Waals surface area contributed by atoms with Gasteiger partial charge >= 0.3 is 5.97 Å². The number of aromatic nitrogens is 2. The minimum atomic E-state index is -0.372. The Labute approximate surface area is 114 Å². The van der Waals surface area contributed by atoms with E-state index in [0.29, 0.717) is 17.2 Å². The Morgan fingerprint density at radius 2 is 1.89 bits per heavy atom. The first-order valence-corrected chi connectivity index (χ1v) is 6.12. The molecule has 0 atom stereocenters. The second kappa shape index (κ2) is 9.76. The van der Waals surface area contributed by atoms with Gasteiger partial charge in [0.1, 0.15) is 5.76 Å². The summed E-state index contributed by atoms with van der Waals surface area (Å²) in [6, 6.07) is 1.74. The quantitative estimate of drug-likeness (QED) is 0.472. The molecule has 1 rings (SSSR count). The Bertz CT molecular complexity index is 462. The fourth-order valence-corrected chi connectivity index (χ4v) is 1.12. The molecule has 1 aromatic rings. The predicted octanol–water partition coefficient (Wildman–Crippen LogP) is 3.54. The van der Waals surface area contributed by atoms with Crippen LogP contribution in [0.4, 0.5) is 0 Å². The number of esters is 1. The number of carbonyl (C=O) groups is 1. The van der Waals surface area contributed by atoms with Crippen LogP contribution in [0.25, 0.3) is 6.08 Å². The molecule has 0 unspecified atom stereocenters. The van der Waals surface area contributed by atoms with Crippen molar-refractivity contribution in [3.05, 3.63) is 54.3 Å². The van der Waals surface area contributed by atoms with Crippen molar-refractivity contribution in [3.8, 4) is 0 Å². The van der Waals surface area contributed by atoms with Crippen LogP contribution >= 0.6 is 0 Å². The summed E-state index contributed by atoms with van der Waals surface area (Å²) < 4.78 is 4.98. The van der Waals surface area contributed by atoms with E-state index < -0.39 is 0 Å². The summed E-state index contributed by atoms with van der Waals surface area (Å²) in [6.45, 7) is 10.9. The summed E-state index contributed by atoms with van der Waals surface area (Å²) >= 11 is 0. The van der Waals surface area contributed by atoms with Crippen molar-refractivity contribution in [2.75, 3.05) is 0 Å². The van der Waals surface area contributed by atoms with Crippen molar-refractivity contribution >= 4 is 12.0 Å². The molecule has 4 heteroatoms. The van der Waals surface area contributed by atoms with Crippen LogP contribution in [0.3, 0.4) is 0 Å². The van der Waals surface area contributed by atoms with Crippen LogP contribution in [0.1, 0.15) is 33.5 Å². The van der Waals surface area contributed by atoms with Gasteiger partial charge in [0.05, 0.1) is 0 Å². The first-order valence-electron chi connectivity index (χ1n) is 6.12. The maximum atomic E-state index is 10.8. The standard InChI is InChI=1S/C13H14N2O2.C2H6/c1-4-12(17-11(3)16)10(2)6-7-13-14-8-5-9-15-13;1-2/h4-9H,2H2,1,3H3;1-2H3/b7-6+,12-4+;. The number of hydrogen-bond acceptors (Lipinski definition) is 4. The summed E-state index contributed by atoms with van der Waals surface area (Å²) in [5, 5.41) is 0. The zero-order chi connectivity index (χ0) is 14.7. The van der Waals surface area contributed by atoms with Crippen LogP contribution in [0.15, 0.2) is 48.5 Å². The molecule has 0 N–H and O–H groups in total. The Morgan fingerprint density at radius 3 is 2.37 bits per heavy atom. The summed E-state index contributed by atoms with van der Waals surface area (Å²) in [5.41, 5.74) is 0.593.